The number of anilines is 1. The molecule has 1 atom stereocenters. The monoisotopic (exact) mass is 356 g/mol. The molecule has 5 nitrogen and oxygen atoms in total. The highest BCUT2D eigenvalue weighted by atomic mass is 32.1. The molecule has 0 fully saturated rings. The van der Waals surface area contributed by atoms with Crippen molar-refractivity contribution in [3.8, 4) is 11.5 Å². The molecule has 3 rings (SSSR count). The SMILES string of the molecule is CCOc1ccc2nc(NC(=O)C(C)Oc3ccccc3C)sc2c1. The molecule has 0 radical (unpaired) electrons. The Bertz CT molecular complexity index is 891. The summed E-state index contributed by atoms with van der Waals surface area (Å²) in [5.41, 5.74) is 1.82. The van der Waals surface area contributed by atoms with Crippen LogP contribution < -0.4 is 14.8 Å². The number of fused-ring (bicyclic) bond motifs is 1. The third-order valence-corrected chi connectivity index (χ3v) is 4.60. The normalized spacial score (nSPS) is 12.0. The minimum Gasteiger partial charge on any atom is -0.494 e. The Morgan fingerprint density at radius 3 is 2.84 bits per heavy atom. The van der Waals surface area contributed by atoms with Crippen LogP contribution in [0.3, 0.4) is 0 Å². The quantitative estimate of drug-likeness (QED) is 0.711. The molecule has 25 heavy (non-hydrogen) atoms. The molecule has 0 aliphatic rings. The van der Waals surface area contributed by atoms with E-state index < -0.39 is 6.10 Å². The molecular formula is C19H20N2O3S. The maximum atomic E-state index is 12.4. The van der Waals surface area contributed by atoms with E-state index in [1.807, 2.05) is 56.3 Å². The summed E-state index contributed by atoms with van der Waals surface area (Å²) in [4.78, 5) is 16.8. The summed E-state index contributed by atoms with van der Waals surface area (Å²) in [6, 6.07) is 13.3. The van der Waals surface area contributed by atoms with Gasteiger partial charge in [-0.2, -0.15) is 0 Å². The second-order valence-corrected chi connectivity index (χ2v) is 6.63. The van der Waals surface area contributed by atoms with Crippen molar-refractivity contribution in [3.05, 3.63) is 48.0 Å². The van der Waals surface area contributed by atoms with Gasteiger partial charge in [0.25, 0.3) is 5.91 Å². The molecule has 1 amide bonds. The predicted molar refractivity (Wildman–Crippen MR) is 101 cm³/mol. The van der Waals surface area contributed by atoms with Gasteiger partial charge in [-0.25, -0.2) is 4.98 Å². The number of hydrogen-bond donors (Lipinski definition) is 1. The van der Waals surface area contributed by atoms with Gasteiger partial charge in [-0.05, 0) is 50.6 Å². The first kappa shape index (κ1) is 17.2. The van der Waals surface area contributed by atoms with E-state index in [-0.39, 0.29) is 5.91 Å². The number of para-hydroxylation sites is 1. The lowest BCUT2D eigenvalue weighted by Gasteiger charge is -2.15. The van der Waals surface area contributed by atoms with E-state index in [9.17, 15) is 4.79 Å². The number of nitrogens with zero attached hydrogens (tertiary/aromatic N) is 1. The van der Waals surface area contributed by atoms with Gasteiger partial charge in [-0.1, -0.05) is 29.5 Å². The van der Waals surface area contributed by atoms with Crippen LogP contribution >= 0.6 is 11.3 Å². The summed E-state index contributed by atoms with van der Waals surface area (Å²) in [5.74, 6) is 1.27. The molecule has 0 aliphatic carbocycles. The van der Waals surface area contributed by atoms with Crippen molar-refractivity contribution in [2.45, 2.75) is 26.9 Å². The molecule has 0 saturated carbocycles. The number of nitrogens with one attached hydrogen (secondary N) is 1. The van der Waals surface area contributed by atoms with Gasteiger partial charge in [0.1, 0.15) is 11.5 Å². The Hall–Kier alpha value is -2.60. The van der Waals surface area contributed by atoms with Gasteiger partial charge in [-0.15, -0.1) is 0 Å². The maximum Gasteiger partial charge on any atom is 0.266 e. The molecule has 6 heteroatoms. The summed E-state index contributed by atoms with van der Waals surface area (Å²) in [5, 5.41) is 3.37. The zero-order valence-corrected chi connectivity index (χ0v) is 15.2. The minimum absolute atomic E-state index is 0.229. The van der Waals surface area contributed by atoms with E-state index in [1.54, 1.807) is 6.92 Å². The number of aromatic nitrogens is 1. The topological polar surface area (TPSA) is 60.5 Å². The third-order valence-electron chi connectivity index (χ3n) is 3.67. The van der Waals surface area contributed by atoms with Crippen molar-refractivity contribution in [1.82, 2.24) is 4.98 Å². The lowest BCUT2D eigenvalue weighted by Crippen LogP contribution is -2.30. The van der Waals surface area contributed by atoms with Gasteiger partial charge in [0, 0.05) is 0 Å². The van der Waals surface area contributed by atoms with E-state index in [1.165, 1.54) is 11.3 Å². The minimum atomic E-state index is -0.618. The Labute approximate surface area is 150 Å². The van der Waals surface area contributed by atoms with Crippen LogP contribution in [0.4, 0.5) is 5.13 Å². The Morgan fingerprint density at radius 1 is 1.28 bits per heavy atom. The summed E-state index contributed by atoms with van der Waals surface area (Å²) in [7, 11) is 0. The van der Waals surface area contributed by atoms with Gasteiger partial charge >= 0.3 is 0 Å². The first-order chi connectivity index (χ1) is 12.1. The number of hydrogen-bond acceptors (Lipinski definition) is 5. The van der Waals surface area contributed by atoms with Crippen molar-refractivity contribution in [2.75, 3.05) is 11.9 Å². The Morgan fingerprint density at radius 2 is 2.08 bits per heavy atom. The van der Waals surface area contributed by atoms with Crippen LogP contribution in [0.15, 0.2) is 42.5 Å². The molecule has 0 aliphatic heterocycles. The van der Waals surface area contributed by atoms with Crippen molar-refractivity contribution in [1.29, 1.82) is 0 Å². The number of carbonyl (C=O) groups excluding carboxylic acids is 1. The number of amides is 1. The number of thiazole rings is 1. The largest absolute Gasteiger partial charge is 0.494 e. The molecule has 1 heterocycles. The molecule has 0 saturated heterocycles. The number of benzene rings is 2. The molecule has 1 unspecified atom stereocenters. The molecule has 0 spiro atoms. The summed E-state index contributed by atoms with van der Waals surface area (Å²) in [6.07, 6.45) is -0.618. The van der Waals surface area contributed by atoms with Crippen LogP contribution in [0.1, 0.15) is 19.4 Å². The van der Waals surface area contributed by atoms with Crippen molar-refractivity contribution >= 4 is 32.6 Å². The van der Waals surface area contributed by atoms with Gasteiger partial charge in [-0.3, -0.25) is 10.1 Å². The number of rotatable bonds is 6. The molecule has 3 aromatic rings. The maximum absolute atomic E-state index is 12.4. The lowest BCUT2D eigenvalue weighted by molar-refractivity contribution is -0.122. The molecule has 130 valence electrons. The predicted octanol–water partition coefficient (Wildman–Crippen LogP) is 4.41. The van der Waals surface area contributed by atoms with Gasteiger partial charge < -0.3 is 9.47 Å². The van der Waals surface area contributed by atoms with Crippen LogP contribution in [-0.4, -0.2) is 23.6 Å². The fourth-order valence-corrected chi connectivity index (χ4v) is 3.25. The standard InChI is InChI=1S/C19H20N2O3S/c1-4-23-14-9-10-15-17(11-14)25-19(20-15)21-18(22)13(3)24-16-8-6-5-7-12(16)2/h5-11,13H,4H2,1-3H3,(H,20,21,22). The Kier molecular flexibility index (Phi) is 5.19. The highest BCUT2D eigenvalue weighted by Gasteiger charge is 2.17. The van der Waals surface area contributed by atoms with Crippen molar-refractivity contribution in [3.63, 3.8) is 0 Å². The fraction of sp³-hybridized carbons (Fsp3) is 0.263. The second kappa shape index (κ2) is 7.53. The smallest absolute Gasteiger partial charge is 0.266 e. The first-order valence-electron chi connectivity index (χ1n) is 8.13. The fourth-order valence-electron chi connectivity index (χ4n) is 2.35. The lowest BCUT2D eigenvalue weighted by atomic mass is 10.2. The van der Waals surface area contributed by atoms with Crippen LogP contribution in [-0.2, 0) is 4.79 Å². The highest BCUT2D eigenvalue weighted by molar-refractivity contribution is 7.22. The molecular weight excluding hydrogens is 336 g/mol. The van der Waals surface area contributed by atoms with E-state index in [2.05, 4.69) is 10.3 Å². The second-order valence-electron chi connectivity index (χ2n) is 5.60. The van der Waals surface area contributed by atoms with Crippen molar-refractivity contribution in [2.24, 2.45) is 0 Å². The average Bonchev–Trinajstić information content (AvgIpc) is 2.98. The molecule has 1 N–H and O–H groups in total. The molecule has 2 aromatic carbocycles. The summed E-state index contributed by atoms with van der Waals surface area (Å²) < 4.78 is 12.2. The number of aryl methyl sites for hydroxylation is 1. The van der Waals surface area contributed by atoms with Crippen LogP contribution in [0.5, 0.6) is 11.5 Å². The number of ether oxygens (including phenoxy) is 2. The highest BCUT2D eigenvalue weighted by Crippen LogP contribution is 2.29. The summed E-state index contributed by atoms with van der Waals surface area (Å²) >= 11 is 1.41. The van der Waals surface area contributed by atoms with Gasteiger partial charge in [0.2, 0.25) is 0 Å². The zero-order chi connectivity index (χ0) is 17.8. The van der Waals surface area contributed by atoms with Gasteiger partial charge in [0.15, 0.2) is 11.2 Å². The van der Waals surface area contributed by atoms with E-state index in [0.717, 1.165) is 21.5 Å². The van der Waals surface area contributed by atoms with Crippen molar-refractivity contribution < 1.29 is 14.3 Å². The van der Waals surface area contributed by atoms with Crippen LogP contribution in [0, 0.1) is 6.92 Å². The van der Waals surface area contributed by atoms with Crippen LogP contribution in [0.25, 0.3) is 10.2 Å². The molecule has 1 aromatic heterocycles. The van der Waals surface area contributed by atoms with Crippen LogP contribution in [0.2, 0.25) is 0 Å². The first-order valence-corrected chi connectivity index (χ1v) is 8.95. The van der Waals surface area contributed by atoms with E-state index in [0.29, 0.717) is 17.5 Å². The average molecular weight is 356 g/mol. The van der Waals surface area contributed by atoms with Gasteiger partial charge in [0.05, 0.1) is 16.8 Å². The Balaban J connectivity index is 1.69. The summed E-state index contributed by atoms with van der Waals surface area (Å²) in [6.45, 7) is 6.23. The van der Waals surface area contributed by atoms with E-state index >= 15 is 0 Å². The number of carbonyl (C=O) groups is 1. The third kappa shape index (κ3) is 4.09. The zero-order valence-electron chi connectivity index (χ0n) is 14.4. The molecule has 0 bridgehead atoms. The van der Waals surface area contributed by atoms with E-state index in [4.69, 9.17) is 9.47 Å².